The largest absolute Gasteiger partial charge is 0.464 e. The molecule has 0 aliphatic carbocycles. The third-order valence-electron chi connectivity index (χ3n) is 3.38. The van der Waals surface area contributed by atoms with Crippen LogP contribution in [0.5, 0.6) is 0 Å². The van der Waals surface area contributed by atoms with E-state index in [1.807, 2.05) is 25.1 Å². The number of thioether (sulfide) groups is 1. The van der Waals surface area contributed by atoms with Crippen LogP contribution in [0.15, 0.2) is 22.7 Å². The van der Waals surface area contributed by atoms with Crippen molar-refractivity contribution >= 4 is 39.6 Å². The molecule has 4 nitrogen and oxygen atoms in total. The molecule has 0 radical (unpaired) electrons. The maximum atomic E-state index is 12.8. The van der Waals surface area contributed by atoms with Gasteiger partial charge in [-0.2, -0.15) is 11.8 Å². The van der Waals surface area contributed by atoms with Crippen LogP contribution in [0.4, 0.5) is 0 Å². The molecule has 0 saturated carbocycles. The average Bonchev–Trinajstić information content (AvgIpc) is 2.49. The fourth-order valence-corrected chi connectivity index (χ4v) is 3.65. The highest BCUT2D eigenvalue weighted by atomic mass is 79.9. The zero-order valence-corrected chi connectivity index (χ0v) is 14.5. The molecule has 1 atom stereocenters. The van der Waals surface area contributed by atoms with E-state index in [9.17, 15) is 9.59 Å². The molecular weight excluding hydrogens is 354 g/mol. The summed E-state index contributed by atoms with van der Waals surface area (Å²) in [5.41, 5.74) is 1.54. The highest BCUT2D eigenvalue weighted by molar-refractivity contribution is 9.10. The van der Waals surface area contributed by atoms with Crippen LogP contribution in [0.2, 0.25) is 0 Å². The van der Waals surface area contributed by atoms with Crippen molar-refractivity contribution < 1.29 is 14.3 Å². The number of carbonyl (C=O) groups excluding carboxylic acids is 2. The van der Waals surface area contributed by atoms with E-state index >= 15 is 0 Å². The van der Waals surface area contributed by atoms with E-state index in [1.54, 1.807) is 23.6 Å². The molecule has 1 saturated heterocycles. The van der Waals surface area contributed by atoms with Gasteiger partial charge in [-0.25, -0.2) is 4.79 Å². The Balaban J connectivity index is 2.26. The molecule has 1 aromatic carbocycles. The molecule has 1 fully saturated rings. The van der Waals surface area contributed by atoms with Gasteiger partial charge in [-0.15, -0.1) is 0 Å². The number of esters is 1. The molecule has 1 amide bonds. The molecule has 0 N–H and O–H groups in total. The Kier molecular flexibility index (Phi) is 5.70. The van der Waals surface area contributed by atoms with Gasteiger partial charge in [0.05, 0.1) is 6.61 Å². The molecule has 0 bridgehead atoms. The minimum atomic E-state index is -0.491. The quantitative estimate of drug-likeness (QED) is 0.766. The van der Waals surface area contributed by atoms with Crippen LogP contribution in [0.25, 0.3) is 0 Å². The molecule has 1 aliphatic heterocycles. The number of halogens is 1. The van der Waals surface area contributed by atoms with Crippen LogP contribution in [-0.4, -0.2) is 47.5 Å². The number of hydrogen-bond donors (Lipinski definition) is 0. The summed E-state index contributed by atoms with van der Waals surface area (Å²) in [6, 6.07) is 5.12. The van der Waals surface area contributed by atoms with Crippen molar-refractivity contribution in [3.8, 4) is 0 Å². The van der Waals surface area contributed by atoms with Gasteiger partial charge in [0.25, 0.3) is 5.91 Å². The Morgan fingerprint density at radius 3 is 2.95 bits per heavy atom. The van der Waals surface area contributed by atoms with Gasteiger partial charge in [0.1, 0.15) is 6.04 Å². The Labute approximate surface area is 137 Å². The summed E-state index contributed by atoms with van der Waals surface area (Å²) in [5.74, 6) is 1.02. The highest BCUT2D eigenvalue weighted by Gasteiger charge is 2.34. The van der Waals surface area contributed by atoms with E-state index in [2.05, 4.69) is 15.9 Å². The molecule has 0 aromatic heterocycles. The summed E-state index contributed by atoms with van der Waals surface area (Å²) in [7, 11) is 0. The normalized spacial score (nSPS) is 18.4. The van der Waals surface area contributed by atoms with Gasteiger partial charge < -0.3 is 9.64 Å². The predicted molar refractivity (Wildman–Crippen MR) is 87.7 cm³/mol. The topological polar surface area (TPSA) is 46.6 Å². The lowest BCUT2D eigenvalue weighted by molar-refractivity contribution is -0.147. The predicted octanol–water partition coefficient (Wildman–Crippen LogP) is 2.88. The van der Waals surface area contributed by atoms with Crippen molar-refractivity contribution in [3.05, 3.63) is 33.8 Å². The fourth-order valence-electron chi connectivity index (χ4n) is 2.26. The van der Waals surface area contributed by atoms with Crippen molar-refractivity contribution in [2.45, 2.75) is 19.9 Å². The van der Waals surface area contributed by atoms with Crippen molar-refractivity contribution in [3.63, 3.8) is 0 Å². The summed E-state index contributed by atoms with van der Waals surface area (Å²) in [5, 5.41) is 0. The smallest absolute Gasteiger partial charge is 0.329 e. The standard InChI is InChI=1S/C15H18BrNO3S/c1-3-20-15(19)13-9-21-7-6-17(13)14(18)12-8-11(16)5-4-10(12)2/h4-5,8,13H,3,6-7,9H2,1-2H3. The highest BCUT2D eigenvalue weighted by Crippen LogP contribution is 2.23. The van der Waals surface area contributed by atoms with Gasteiger partial charge in [0.15, 0.2) is 0 Å². The van der Waals surface area contributed by atoms with Crippen LogP contribution in [0.3, 0.4) is 0 Å². The van der Waals surface area contributed by atoms with Crippen LogP contribution < -0.4 is 0 Å². The van der Waals surface area contributed by atoms with Crippen LogP contribution in [0.1, 0.15) is 22.8 Å². The van der Waals surface area contributed by atoms with Crippen molar-refractivity contribution in [2.75, 3.05) is 24.7 Å². The Hall–Kier alpha value is -1.01. The van der Waals surface area contributed by atoms with Gasteiger partial charge in [-0.05, 0) is 31.5 Å². The van der Waals surface area contributed by atoms with E-state index in [-0.39, 0.29) is 11.9 Å². The van der Waals surface area contributed by atoms with Gasteiger partial charge >= 0.3 is 5.97 Å². The number of hydrogen-bond acceptors (Lipinski definition) is 4. The van der Waals surface area contributed by atoms with Gasteiger partial charge in [-0.3, -0.25) is 4.79 Å². The lowest BCUT2D eigenvalue weighted by Crippen LogP contribution is -2.51. The van der Waals surface area contributed by atoms with Crippen LogP contribution in [-0.2, 0) is 9.53 Å². The molecule has 1 aromatic rings. The third kappa shape index (κ3) is 3.80. The number of amides is 1. The number of benzene rings is 1. The molecule has 2 rings (SSSR count). The zero-order valence-electron chi connectivity index (χ0n) is 12.1. The molecular formula is C15H18BrNO3S. The van der Waals surface area contributed by atoms with Crippen LogP contribution in [0, 0.1) is 6.92 Å². The summed E-state index contributed by atoms with van der Waals surface area (Å²) in [6.45, 7) is 4.58. The van der Waals surface area contributed by atoms with E-state index in [4.69, 9.17) is 4.74 Å². The van der Waals surface area contributed by atoms with Crippen LogP contribution >= 0.6 is 27.7 Å². The lowest BCUT2D eigenvalue weighted by Gasteiger charge is -2.34. The first-order valence-electron chi connectivity index (χ1n) is 6.86. The summed E-state index contributed by atoms with van der Waals surface area (Å²) in [4.78, 5) is 26.5. The number of rotatable bonds is 3. The number of aryl methyl sites for hydroxylation is 1. The molecule has 21 heavy (non-hydrogen) atoms. The second-order valence-electron chi connectivity index (χ2n) is 4.80. The maximum absolute atomic E-state index is 12.8. The van der Waals surface area contributed by atoms with Gasteiger partial charge in [0.2, 0.25) is 0 Å². The summed E-state index contributed by atoms with van der Waals surface area (Å²) >= 11 is 5.07. The second kappa shape index (κ2) is 7.31. The summed E-state index contributed by atoms with van der Waals surface area (Å²) in [6.07, 6.45) is 0. The molecule has 1 unspecified atom stereocenters. The number of carbonyl (C=O) groups is 2. The van der Waals surface area contributed by atoms with Crippen molar-refractivity contribution in [1.82, 2.24) is 4.90 Å². The zero-order chi connectivity index (χ0) is 15.4. The first kappa shape index (κ1) is 16.4. The second-order valence-corrected chi connectivity index (χ2v) is 6.87. The van der Waals surface area contributed by atoms with Gasteiger partial charge in [-0.1, -0.05) is 22.0 Å². The number of ether oxygens (including phenoxy) is 1. The number of nitrogens with zero attached hydrogens (tertiary/aromatic N) is 1. The maximum Gasteiger partial charge on any atom is 0.329 e. The SMILES string of the molecule is CCOC(=O)C1CSCCN1C(=O)c1cc(Br)ccc1C. The molecule has 6 heteroatoms. The molecule has 114 valence electrons. The van der Waals surface area contributed by atoms with E-state index in [0.717, 1.165) is 15.8 Å². The van der Waals surface area contributed by atoms with Gasteiger partial charge in [0, 0.05) is 28.1 Å². The minimum absolute atomic E-state index is 0.104. The molecule has 0 spiro atoms. The molecule has 1 heterocycles. The van der Waals surface area contributed by atoms with Crippen molar-refractivity contribution in [2.24, 2.45) is 0 Å². The van der Waals surface area contributed by atoms with E-state index in [0.29, 0.717) is 24.5 Å². The van der Waals surface area contributed by atoms with E-state index in [1.165, 1.54) is 0 Å². The van der Waals surface area contributed by atoms with E-state index < -0.39 is 6.04 Å². The molecule has 1 aliphatic rings. The van der Waals surface area contributed by atoms with Crippen molar-refractivity contribution in [1.29, 1.82) is 0 Å². The monoisotopic (exact) mass is 371 g/mol. The first-order valence-corrected chi connectivity index (χ1v) is 8.81. The first-order chi connectivity index (χ1) is 10.0. The lowest BCUT2D eigenvalue weighted by atomic mass is 10.1. The Morgan fingerprint density at radius 2 is 2.24 bits per heavy atom. The third-order valence-corrected chi connectivity index (χ3v) is 4.89. The fraction of sp³-hybridized carbons (Fsp3) is 0.467. The Bertz CT molecular complexity index is 550. The summed E-state index contributed by atoms with van der Waals surface area (Å²) < 4.78 is 5.95. The Morgan fingerprint density at radius 1 is 1.48 bits per heavy atom. The minimum Gasteiger partial charge on any atom is -0.464 e. The average molecular weight is 372 g/mol.